The van der Waals surface area contributed by atoms with Crippen LogP contribution in [0, 0.1) is 0 Å². The molecule has 1 rings (SSSR count). The van der Waals surface area contributed by atoms with Crippen LogP contribution in [0.15, 0.2) is 25.4 Å². The molecule has 0 amide bonds. The van der Waals surface area contributed by atoms with E-state index in [1.807, 2.05) is 23.9 Å². The van der Waals surface area contributed by atoms with Gasteiger partial charge in [-0.25, -0.2) is 4.57 Å². The maximum absolute atomic E-state index is 9.07. The van der Waals surface area contributed by atoms with Crippen molar-refractivity contribution in [1.82, 2.24) is 0 Å². The zero-order valence-electron chi connectivity index (χ0n) is 7.83. The Kier molecular flexibility index (Phi) is 2.98. The van der Waals surface area contributed by atoms with Crippen molar-refractivity contribution in [1.29, 1.82) is 0 Å². The lowest BCUT2D eigenvalue weighted by Gasteiger charge is -2.04. The Bertz CT molecular complexity index is 342. The molecule has 0 atom stereocenters. The molecule has 0 aliphatic carbocycles. The Morgan fingerprint density at radius 2 is 2.15 bits per heavy atom. The Morgan fingerprint density at radius 1 is 1.46 bits per heavy atom. The standard InChI is InChI=1S/C11H14NO/c1-4-10-9(8-13)6-7-12(3)11(10)5-2/h4-7,13H,1-2,8H2,3H3/q+1. The second-order valence-electron chi connectivity index (χ2n) is 2.82. The van der Waals surface area contributed by atoms with Gasteiger partial charge in [0.05, 0.1) is 12.2 Å². The van der Waals surface area contributed by atoms with Crippen molar-refractivity contribution < 1.29 is 9.67 Å². The molecule has 0 saturated carbocycles. The van der Waals surface area contributed by atoms with Gasteiger partial charge >= 0.3 is 0 Å². The monoisotopic (exact) mass is 176 g/mol. The summed E-state index contributed by atoms with van der Waals surface area (Å²) in [6.45, 7) is 7.47. The predicted molar refractivity (Wildman–Crippen MR) is 53.7 cm³/mol. The molecule has 0 spiro atoms. The highest BCUT2D eigenvalue weighted by Crippen LogP contribution is 2.13. The average molecular weight is 176 g/mol. The molecule has 0 fully saturated rings. The van der Waals surface area contributed by atoms with E-state index in [1.165, 1.54) is 0 Å². The van der Waals surface area contributed by atoms with Crippen molar-refractivity contribution in [3.63, 3.8) is 0 Å². The molecular weight excluding hydrogens is 162 g/mol. The molecule has 1 aromatic rings. The molecule has 0 aliphatic heterocycles. The van der Waals surface area contributed by atoms with Gasteiger partial charge in [0.1, 0.15) is 7.05 Å². The van der Waals surface area contributed by atoms with Crippen LogP contribution in [0.5, 0.6) is 0 Å². The van der Waals surface area contributed by atoms with Crippen LogP contribution in [-0.4, -0.2) is 5.11 Å². The summed E-state index contributed by atoms with van der Waals surface area (Å²) in [5.41, 5.74) is 2.80. The molecular formula is C11H14NO+. The van der Waals surface area contributed by atoms with Crippen LogP contribution in [0.3, 0.4) is 0 Å². The third-order valence-corrected chi connectivity index (χ3v) is 2.07. The maximum Gasteiger partial charge on any atom is 0.211 e. The number of rotatable bonds is 3. The van der Waals surface area contributed by atoms with E-state index in [2.05, 4.69) is 13.2 Å². The highest BCUT2D eigenvalue weighted by Gasteiger charge is 2.11. The molecule has 2 heteroatoms. The van der Waals surface area contributed by atoms with Crippen molar-refractivity contribution in [3.05, 3.63) is 42.2 Å². The van der Waals surface area contributed by atoms with Gasteiger partial charge in [0.2, 0.25) is 5.69 Å². The van der Waals surface area contributed by atoms with E-state index in [0.717, 1.165) is 16.8 Å². The molecule has 1 heterocycles. The van der Waals surface area contributed by atoms with E-state index in [-0.39, 0.29) is 6.61 Å². The van der Waals surface area contributed by atoms with Crippen LogP contribution in [-0.2, 0) is 13.7 Å². The number of aromatic nitrogens is 1. The summed E-state index contributed by atoms with van der Waals surface area (Å²) < 4.78 is 1.95. The van der Waals surface area contributed by atoms with Crippen molar-refractivity contribution >= 4 is 12.2 Å². The largest absolute Gasteiger partial charge is 0.392 e. The maximum atomic E-state index is 9.07. The molecule has 1 N–H and O–H groups in total. The minimum atomic E-state index is 0.0308. The Morgan fingerprint density at radius 3 is 2.62 bits per heavy atom. The Balaban J connectivity index is 3.44. The van der Waals surface area contributed by atoms with E-state index in [9.17, 15) is 0 Å². The van der Waals surface area contributed by atoms with Crippen molar-refractivity contribution in [3.8, 4) is 0 Å². The highest BCUT2D eigenvalue weighted by atomic mass is 16.3. The van der Waals surface area contributed by atoms with Crippen LogP contribution in [0.1, 0.15) is 16.8 Å². The lowest BCUT2D eigenvalue weighted by molar-refractivity contribution is -0.673. The zero-order valence-corrected chi connectivity index (χ0v) is 7.83. The summed E-state index contributed by atoms with van der Waals surface area (Å²) in [5, 5.41) is 9.07. The predicted octanol–water partition coefficient (Wildman–Crippen LogP) is 1.29. The van der Waals surface area contributed by atoms with E-state index < -0.39 is 0 Å². The molecule has 2 nitrogen and oxygen atoms in total. The smallest absolute Gasteiger partial charge is 0.211 e. The molecule has 0 unspecified atom stereocenters. The van der Waals surface area contributed by atoms with E-state index in [0.29, 0.717) is 0 Å². The van der Waals surface area contributed by atoms with Gasteiger partial charge in [0, 0.05) is 12.1 Å². The van der Waals surface area contributed by atoms with Crippen LogP contribution >= 0.6 is 0 Å². The fourth-order valence-corrected chi connectivity index (χ4v) is 1.35. The van der Waals surface area contributed by atoms with Crippen molar-refractivity contribution in [2.24, 2.45) is 7.05 Å². The van der Waals surface area contributed by atoms with Crippen molar-refractivity contribution in [2.75, 3.05) is 0 Å². The lowest BCUT2D eigenvalue weighted by Crippen LogP contribution is -2.32. The van der Waals surface area contributed by atoms with Crippen LogP contribution in [0.2, 0.25) is 0 Å². The van der Waals surface area contributed by atoms with Crippen molar-refractivity contribution in [2.45, 2.75) is 6.61 Å². The summed E-state index contributed by atoms with van der Waals surface area (Å²) in [4.78, 5) is 0. The molecule has 13 heavy (non-hydrogen) atoms. The SMILES string of the molecule is C=Cc1c(CO)cc[n+](C)c1C=C. The van der Waals surface area contributed by atoms with Gasteiger partial charge in [-0.05, 0) is 5.56 Å². The van der Waals surface area contributed by atoms with Gasteiger partial charge in [0.25, 0.3) is 0 Å². The molecule has 0 bridgehead atoms. The summed E-state index contributed by atoms with van der Waals surface area (Å²) in [6, 6.07) is 1.88. The first-order chi connectivity index (χ1) is 6.24. The summed E-state index contributed by atoms with van der Waals surface area (Å²) in [6.07, 6.45) is 5.40. The van der Waals surface area contributed by atoms with E-state index in [4.69, 9.17) is 5.11 Å². The summed E-state index contributed by atoms with van der Waals surface area (Å²) in [5.74, 6) is 0. The number of aryl methyl sites for hydroxylation is 1. The fourth-order valence-electron chi connectivity index (χ4n) is 1.35. The average Bonchev–Trinajstić information content (AvgIpc) is 2.17. The normalized spacial score (nSPS) is 9.69. The van der Waals surface area contributed by atoms with Gasteiger partial charge in [-0.2, -0.15) is 0 Å². The molecule has 68 valence electrons. The third-order valence-electron chi connectivity index (χ3n) is 2.07. The number of aliphatic hydroxyl groups is 1. The molecule has 0 saturated heterocycles. The van der Waals surface area contributed by atoms with Crippen LogP contribution in [0.25, 0.3) is 12.2 Å². The first kappa shape index (κ1) is 9.68. The van der Waals surface area contributed by atoms with E-state index >= 15 is 0 Å². The zero-order chi connectivity index (χ0) is 9.84. The van der Waals surface area contributed by atoms with E-state index in [1.54, 1.807) is 12.2 Å². The Labute approximate surface area is 78.5 Å². The lowest BCUT2D eigenvalue weighted by atomic mass is 10.1. The molecule has 0 radical (unpaired) electrons. The molecule has 0 aliphatic rings. The number of aliphatic hydroxyl groups excluding tert-OH is 1. The summed E-state index contributed by atoms with van der Waals surface area (Å²) >= 11 is 0. The van der Waals surface area contributed by atoms with Gasteiger partial charge in [-0.3, -0.25) is 0 Å². The van der Waals surface area contributed by atoms with Gasteiger partial charge in [-0.15, -0.1) is 0 Å². The Hall–Kier alpha value is -1.41. The highest BCUT2D eigenvalue weighted by molar-refractivity contribution is 5.61. The summed E-state index contributed by atoms with van der Waals surface area (Å²) in [7, 11) is 1.94. The second kappa shape index (κ2) is 4.01. The quantitative estimate of drug-likeness (QED) is 0.689. The number of hydrogen-bond acceptors (Lipinski definition) is 1. The topological polar surface area (TPSA) is 24.1 Å². The second-order valence-corrected chi connectivity index (χ2v) is 2.82. The molecule has 1 aromatic heterocycles. The van der Waals surface area contributed by atoms with Gasteiger partial charge < -0.3 is 5.11 Å². The van der Waals surface area contributed by atoms with Crippen LogP contribution < -0.4 is 4.57 Å². The number of pyridine rings is 1. The first-order valence-corrected chi connectivity index (χ1v) is 4.11. The third kappa shape index (κ3) is 1.68. The fraction of sp³-hybridized carbons (Fsp3) is 0.182. The van der Waals surface area contributed by atoms with Gasteiger partial charge in [0.15, 0.2) is 6.20 Å². The first-order valence-electron chi connectivity index (χ1n) is 4.11. The van der Waals surface area contributed by atoms with Crippen LogP contribution in [0.4, 0.5) is 0 Å². The number of hydrogen-bond donors (Lipinski definition) is 1. The van der Waals surface area contributed by atoms with Gasteiger partial charge in [-0.1, -0.05) is 19.2 Å². The minimum Gasteiger partial charge on any atom is -0.392 e. The minimum absolute atomic E-state index is 0.0308. The molecule has 0 aromatic carbocycles. The number of nitrogens with zero attached hydrogens (tertiary/aromatic N) is 1.